The third kappa shape index (κ3) is 3.99. The Morgan fingerprint density at radius 1 is 1.32 bits per heavy atom. The third-order valence-corrected chi connectivity index (χ3v) is 6.93. The van der Waals surface area contributed by atoms with E-state index in [-0.39, 0.29) is 5.56 Å². The molecule has 2 aliphatic rings. The first-order valence-electron chi connectivity index (χ1n) is 9.47. The molecule has 1 spiro atoms. The van der Waals surface area contributed by atoms with E-state index in [0.717, 1.165) is 45.6 Å². The molecule has 7 nitrogen and oxygen atoms in total. The molecular formula is C19H23ClN4O3S. The second kappa shape index (κ2) is 8.31. The zero-order valence-electron chi connectivity index (χ0n) is 15.7. The van der Waals surface area contributed by atoms with Crippen molar-refractivity contribution in [2.45, 2.75) is 36.0 Å². The molecule has 2 fully saturated rings. The summed E-state index contributed by atoms with van der Waals surface area (Å²) >= 11 is 7.60. The molecular weight excluding hydrogens is 400 g/mol. The number of nitrogens with zero attached hydrogens (tertiary/aromatic N) is 3. The highest BCUT2D eigenvalue weighted by Crippen LogP contribution is 2.40. The maximum atomic E-state index is 12.6. The summed E-state index contributed by atoms with van der Waals surface area (Å²) in [5, 5.41) is 0.401. The fraction of sp³-hybridized carbons (Fsp3) is 0.526. The van der Waals surface area contributed by atoms with Gasteiger partial charge in [0.25, 0.3) is 5.56 Å². The first-order valence-corrected chi connectivity index (χ1v) is 10.7. The summed E-state index contributed by atoms with van der Waals surface area (Å²) in [7, 11) is 0. The number of H-pyrrole nitrogens is 1. The monoisotopic (exact) mass is 422 g/mol. The molecule has 1 N–H and O–H groups in total. The number of nitrogens with one attached hydrogen (secondary N) is 1. The van der Waals surface area contributed by atoms with Gasteiger partial charge in [0.05, 0.1) is 24.3 Å². The van der Waals surface area contributed by atoms with E-state index in [0.29, 0.717) is 38.7 Å². The van der Waals surface area contributed by atoms with Gasteiger partial charge in [0, 0.05) is 30.8 Å². The standard InChI is InChI=1S/C19H23ClN4O3S/c1-2-27-17-15(20)13(3-7-21-17)28-14-11-22-18(23-16(14)25)24-8-4-19(5-9-24)6-10-26-12-19/h3,7,11H,2,4-6,8-10,12H2,1H3,(H,22,23,25). The van der Waals surface area contributed by atoms with Gasteiger partial charge < -0.3 is 14.4 Å². The van der Waals surface area contributed by atoms with Crippen molar-refractivity contribution in [1.82, 2.24) is 15.0 Å². The van der Waals surface area contributed by atoms with Crippen LogP contribution in [0.2, 0.25) is 5.02 Å². The molecule has 28 heavy (non-hydrogen) atoms. The number of hydrogen-bond donors (Lipinski definition) is 1. The lowest BCUT2D eigenvalue weighted by Gasteiger charge is -2.38. The number of anilines is 1. The van der Waals surface area contributed by atoms with E-state index in [9.17, 15) is 4.79 Å². The zero-order valence-corrected chi connectivity index (χ0v) is 17.3. The molecule has 0 aliphatic carbocycles. The van der Waals surface area contributed by atoms with Crippen molar-refractivity contribution in [1.29, 1.82) is 0 Å². The Labute approximate surface area is 172 Å². The molecule has 2 saturated heterocycles. The second-order valence-electron chi connectivity index (χ2n) is 7.15. The Balaban J connectivity index is 1.47. The van der Waals surface area contributed by atoms with Crippen molar-refractivity contribution in [2.24, 2.45) is 5.41 Å². The molecule has 0 aromatic carbocycles. The van der Waals surface area contributed by atoms with Crippen LogP contribution in [0.5, 0.6) is 5.88 Å². The molecule has 4 heterocycles. The normalized spacial score (nSPS) is 18.6. The van der Waals surface area contributed by atoms with E-state index >= 15 is 0 Å². The smallest absolute Gasteiger partial charge is 0.266 e. The molecule has 0 amide bonds. The summed E-state index contributed by atoms with van der Waals surface area (Å²) < 4.78 is 11.0. The first kappa shape index (κ1) is 19.5. The summed E-state index contributed by atoms with van der Waals surface area (Å²) in [6.07, 6.45) is 6.50. The molecule has 0 radical (unpaired) electrons. The fourth-order valence-electron chi connectivity index (χ4n) is 3.69. The molecule has 150 valence electrons. The van der Waals surface area contributed by atoms with Crippen LogP contribution < -0.4 is 15.2 Å². The Morgan fingerprint density at radius 2 is 2.14 bits per heavy atom. The summed E-state index contributed by atoms with van der Waals surface area (Å²) in [5.74, 6) is 0.993. The highest BCUT2D eigenvalue weighted by Gasteiger charge is 2.38. The average molecular weight is 423 g/mol. The van der Waals surface area contributed by atoms with Crippen LogP contribution in [0.3, 0.4) is 0 Å². The molecule has 2 aliphatic heterocycles. The van der Waals surface area contributed by atoms with Crippen molar-refractivity contribution < 1.29 is 9.47 Å². The fourth-order valence-corrected chi connectivity index (χ4v) is 4.76. The Bertz CT molecular complexity index is 891. The molecule has 4 rings (SSSR count). The number of aromatic amines is 1. The lowest BCUT2D eigenvalue weighted by molar-refractivity contribution is 0.133. The van der Waals surface area contributed by atoms with E-state index < -0.39 is 0 Å². The van der Waals surface area contributed by atoms with Gasteiger partial charge in [-0.05, 0) is 37.7 Å². The summed E-state index contributed by atoms with van der Waals surface area (Å²) in [6.45, 7) is 5.83. The van der Waals surface area contributed by atoms with Crippen LogP contribution in [0.1, 0.15) is 26.2 Å². The van der Waals surface area contributed by atoms with E-state index in [1.54, 1.807) is 18.5 Å². The summed E-state index contributed by atoms with van der Waals surface area (Å²) in [6, 6.07) is 1.76. The first-order chi connectivity index (χ1) is 13.6. The van der Waals surface area contributed by atoms with Crippen LogP contribution in [0.25, 0.3) is 0 Å². The molecule has 2 aromatic rings. The summed E-state index contributed by atoms with van der Waals surface area (Å²) in [4.78, 5) is 27.5. The predicted molar refractivity (Wildman–Crippen MR) is 109 cm³/mol. The van der Waals surface area contributed by atoms with E-state index in [1.165, 1.54) is 11.8 Å². The van der Waals surface area contributed by atoms with Crippen molar-refractivity contribution in [3.8, 4) is 5.88 Å². The number of aromatic nitrogens is 3. The quantitative estimate of drug-likeness (QED) is 0.791. The number of rotatable bonds is 5. The molecule has 0 bridgehead atoms. The van der Waals surface area contributed by atoms with Crippen LogP contribution in [0.15, 0.2) is 33.0 Å². The van der Waals surface area contributed by atoms with Gasteiger partial charge in [-0.25, -0.2) is 9.97 Å². The Hall–Kier alpha value is -1.77. The number of halogens is 1. The van der Waals surface area contributed by atoms with Crippen molar-refractivity contribution in [3.63, 3.8) is 0 Å². The topological polar surface area (TPSA) is 80.3 Å². The largest absolute Gasteiger partial charge is 0.477 e. The van der Waals surface area contributed by atoms with Gasteiger partial charge in [-0.2, -0.15) is 0 Å². The number of hydrogen-bond acceptors (Lipinski definition) is 7. The van der Waals surface area contributed by atoms with E-state index in [4.69, 9.17) is 21.1 Å². The van der Waals surface area contributed by atoms with Gasteiger partial charge in [0.15, 0.2) is 0 Å². The van der Waals surface area contributed by atoms with E-state index in [2.05, 4.69) is 19.9 Å². The van der Waals surface area contributed by atoms with Gasteiger partial charge in [0.1, 0.15) is 5.02 Å². The van der Waals surface area contributed by atoms with Crippen LogP contribution in [-0.2, 0) is 4.74 Å². The Morgan fingerprint density at radius 3 is 2.82 bits per heavy atom. The lowest BCUT2D eigenvalue weighted by atomic mass is 9.78. The highest BCUT2D eigenvalue weighted by atomic mass is 35.5. The SMILES string of the molecule is CCOc1nccc(Sc2cnc(N3CCC4(CCOC4)CC3)[nH]c2=O)c1Cl. The molecule has 0 unspecified atom stereocenters. The van der Waals surface area contributed by atoms with E-state index in [1.807, 2.05) is 6.92 Å². The van der Waals surface area contributed by atoms with Crippen molar-refractivity contribution >= 4 is 29.3 Å². The summed E-state index contributed by atoms with van der Waals surface area (Å²) in [5.41, 5.74) is 0.147. The molecule has 9 heteroatoms. The molecule has 0 saturated carbocycles. The number of ether oxygens (including phenoxy) is 2. The molecule has 0 atom stereocenters. The van der Waals surface area contributed by atoms with Crippen molar-refractivity contribution in [2.75, 3.05) is 37.8 Å². The predicted octanol–water partition coefficient (Wildman–Crippen LogP) is 3.38. The Kier molecular flexibility index (Phi) is 5.80. The van der Waals surface area contributed by atoms with Gasteiger partial charge in [-0.3, -0.25) is 9.78 Å². The minimum Gasteiger partial charge on any atom is -0.477 e. The minimum absolute atomic E-state index is 0.176. The van der Waals surface area contributed by atoms with Crippen LogP contribution in [-0.4, -0.2) is 47.9 Å². The minimum atomic E-state index is -0.176. The van der Waals surface area contributed by atoms with Crippen molar-refractivity contribution in [3.05, 3.63) is 33.8 Å². The van der Waals surface area contributed by atoms with Crippen LogP contribution >= 0.6 is 23.4 Å². The van der Waals surface area contributed by atoms with Gasteiger partial charge in [-0.15, -0.1) is 0 Å². The van der Waals surface area contributed by atoms with Gasteiger partial charge in [0.2, 0.25) is 11.8 Å². The molecule has 2 aromatic heterocycles. The number of piperidine rings is 1. The van der Waals surface area contributed by atoms with Crippen LogP contribution in [0, 0.1) is 5.41 Å². The third-order valence-electron chi connectivity index (χ3n) is 5.38. The maximum absolute atomic E-state index is 12.6. The average Bonchev–Trinajstić information content (AvgIpc) is 3.15. The van der Waals surface area contributed by atoms with Crippen LogP contribution in [0.4, 0.5) is 5.95 Å². The van der Waals surface area contributed by atoms with Gasteiger partial charge in [-0.1, -0.05) is 23.4 Å². The highest BCUT2D eigenvalue weighted by molar-refractivity contribution is 7.99. The zero-order chi connectivity index (χ0) is 19.6. The lowest BCUT2D eigenvalue weighted by Crippen LogP contribution is -2.41. The maximum Gasteiger partial charge on any atom is 0.266 e. The van der Waals surface area contributed by atoms with Gasteiger partial charge >= 0.3 is 0 Å². The number of pyridine rings is 1. The second-order valence-corrected chi connectivity index (χ2v) is 8.61.